The minimum atomic E-state index is -0.878. The maximum Gasteiger partial charge on any atom is 0.209 e. The van der Waals surface area contributed by atoms with Crippen LogP contribution >= 0.6 is 11.3 Å². The van der Waals surface area contributed by atoms with Crippen LogP contribution in [0, 0.1) is 0 Å². The van der Waals surface area contributed by atoms with E-state index < -0.39 is 5.79 Å². The molecule has 1 unspecified atom stereocenters. The molecule has 0 spiro atoms. The maximum absolute atomic E-state index is 6.22. The molecule has 0 radical (unpaired) electrons. The maximum atomic E-state index is 6.22. The second-order valence-corrected chi connectivity index (χ2v) is 4.53. The van der Waals surface area contributed by atoms with Gasteiger partial charge in [-0.05, 0) is 23.6 Å². The SMILES string of the molecule is NC1(c2ccncc2)N=Cc2sccc2N1. The Bertz CT molecular complexity index is 534. The molecule has 0 fully saturated rings. The predicted octanol–water partition coefficient (Wildman–Crippen LogP) is 1.76. The van der Waals surface area contributed by atoms with Crippen molar-refractivity contribution in [1.29, 1.82) is 0 Å². The van der Waals surface area contributed by atoms with Crippen LogP contribution in [0.1, 0.15) is 10.4 Å². The van der Waals surface area contributed by atoms with Crippen LogP contribution in [0.4, 0.5) is 5.69 Å². The Morgan fingerprint density at radius 1 is 1.25 bits per heavy atom. The molecule has 4 nitrogen and oxygen atoms in total. The molecule has 3 heterocycles. The number of nitrogens with one attached hydrogen (secondary N) is 1. The molecule has 0 saturated carbocycles. The highest BCUT2D eigenvalue weighted by Gasteiger charge is 2.29. The van der Waals surface area contributed by atoms with E-state index in [1.165, 1.54) is 0 Å². The lowest BCUT2D eigenvalue weighted by molar-refractivity contribution is 0.541. The first kappa shape index (κ1) is 9.50. The zero-order valence-corrected chi connectivity index (χ0v) is 9.24. The smallest absolute Gasteiger partial charge is 0.209 e. The second kappa shape index (κ2) is 3.40. The minimum Gasteiger partial charge on any atom is -0.344 e. The fraction of sp³-hybridized carbons (Fsp3) is 0.0909. The van der Waals surface area contributed by atoms with E-state index in [-0.39, 0.29) is 0 Å². The minimum absolute atomic E-state index is 0.878. The van der Waals surface area contributed by atoms with E-state index in [4.69, 9.17) is 5.73 Å². The molecule has 0 amide bonds. The molecule has 2 aromatic heterocycles. The molecule has 3 N–H and O–H groups in total. The van der Waals surface area contributed by atoms with Crippen LogP contribution < -0.4 is 11.1 Å². The molecular formula is C11H10N4S. The van der Waals surface area contributed by atoms with Crippen LogP contribution in [0.25, 0.3) is 0 Å². The number of hydrogen-bond acceptors (Lipinski definition) is 5. The molecule has 0 aliphatic carbocycles. The summed E-state index contributed by atoms with van der Waals surface area (Å²) in [6.07, 6.45) is 5.24. The first-order valence-corrected chi connectivity index (χ1v) is 5.76. The van der Waals surface area contributed by atoms with E-state index in [2.05, 4.69) is 15.3 Å². The molecule has 1 atom stereocenters. The lowest BCUT2D eigenvalue weighted by Crippen LogP contribution is -2.44. The molecule has 16 heavy (non-hydrogen) atoms. The number of thiophene rings is 1. The summed E-state index contributed by atoms with van der Waals surface area (Å²) in [5.41, 5.74) is 8.15. The quantitative estimate of drug-likeness (QED) is 0.784. The third-order valence-corrected chi connectivity index (χ3v) is 3.38. The van der Waals surface area contributed by atoms with E-state index in [9.17, 15) is 0 Å². The Labute approximate surface area is 96.9 Å². The van der Waals surface area contributed by atoms with Crippen LogP contribution in [-0.2, 0) is 5.79 Å². The van der Waals surface area contributed by atoms with Gasteiger partial charge in [-0.2, -0.15) is 0 Å². The standard InChI is InChI=1S/C11H10N4S/c12-11(8-1-4-13-5-2-8)14-7-10-9(15-11)3-6-16-10/h1-7,15H,12H2. The van der Waals surface area contributed by atoms with Gasteiger partial charge in [0.2, 0.25) is 5.79 Å². The number of aromatic nitrogens is 1. The topological polar surface area (TPSA) is 63.3 Å². The third kappa shape index (κ3) is 1.41. The van der Waals surface area contributed by atoms with Crippen LogP contribution in [-0.4, -0.2) is 11.2 Å². The summed E-state index contributed by atoms with van der Waals surface area (Å²) in [7, 11) is 0. The Morgan fingerprint density at radius 2 is 2.06 bits per heavy atom. The van der Waals surface area contributed by atoms with Crippen molar-refractivity contribution in [3.05, 3.63) is 46.4 Å². The Balaban J connectivity index is 2.04. The molecule has 80 valence electrons. The number of fused-ring (bicyclic) bond motifs is 1. The summed E-state index contributed by atoms with van der Waals surface area (Å²) in [6.45, 7) is 0. The molecule has 0 saturated heterocycles. The summed E-state index contributed by atoms with van der Waals surface area (Å²) in [5, 5.41) is 5.25. The normalized spacial score (nSPS) is 22.6. The van der Waals surface area contributed by atoms with Crippen molar-refractivity contribution in [2.75, 3.05) is 5.32 Å². The molecule has 2 aromatic rings. The van der Waals surface area contributed by atoms with Gasteiger partial charge < -0.3 is 5.32 Å². The van der Waals surface area contributed by atoms with E-state index in [0.717, 1.165) is 16.1 Å². The zero-order valence-electron chi connectivity index (χ0n) is 8.42. The molecule has 1 aliphatic heterocycles. The summed E-state index contributed by atoms with van der Waals surface area (Å²) in [5.74, 6) is -0.878. The summed E-state index contributed by atoms with van der Waals surface area (Å²) < 4.78 is 0. The highest BCUT2D eigenvalue weighted by atomic mass is 32.1. The summed E-state index contributed by atoms with van der Waals surface area (Å²) >= 11 is 1.64. The van der Waals surface area contributed by atoms with Crippen LogP contribution in [0.3, 0.4) is 0 Å². The van der Waals surface area contributed by atoms with E-state index in [1.807, 2.05) is 29.8 Å². The van der Waals surface area contributed by atoms with Crippen molar-refractivity contribution >= 4 is 23.2 Å². The van der Waals surface area contributed by atoms with Crippen LogP contribution in [0.15, 0.2) is 41.0 Å². The van der Waals surface area contributed by atoms with Crippen molar-refractivity contribution in [3.63, 3.8) is 0 Å². The number of nitrogens with two attached hydrogens (primary N) is 1. The molecule has 5 heteroatoms. The van der Waals surface area contributed by atoms with Gasteiger partial charge in [-0.25, -0.2) is 4.99 Å². The van der Waals surface area contributed by atoms with Crippen LogP contribution in [0.2, 0.25) is 0 Å². The van der Waals surface area contributed by atoms with Gasteiger partial charge in [-0.15, -0.1) is 11.3 Å². The predicted molar refractivity (Wildman–Crippen MR) is 65.6 cm³/mol. The average molecular weight is 230 g/mol. The number of aliphatic imine (C=N–C) groups is 1. The fourth-order valence-electron chi connectivity index (χ4n) is 1.67. The lowest BCUT2D eigenvalue weighted by atomic mass is 10.1. The molecule has 3 rings (SSSR count). The summed E-state index contributed by atoms with van der Waals surface area (Å²) in [4.78, 5) is 9.45. The highest BCUT2D eigenvalue weighted by Crippen LogP contribution is 2.31. The van der Waals surface area contributed by atoms with Crippen molar-refractivity contribution in [2.24, 2.45) is 10.7 Å². The average Bonchev–Trinajstić information content (AvgIpc) is 2.77. The van der Waals surface area contributed by atoms with E-state index in [0.29, 0.717) is 0 Å². The Morgan fingerprint density at radius 3 is 2.88 bits per heavy atom. The van der Waals surface area contributed by atoms with Gasteiger partial charge >= 0.3 is 0 Å². The molecule has 1 aliphatic rings. The van der Waals surface area contributed by atoms with E-state index >= 15 is 0 Å². The summed E-state index contributed by atoms with van der Waals surface area (Å²) in [6, 6.07) is 5.73. The Hall–Kier alpha value is -1.72. The highest BCUT2D eigenvalue weighted by molar-refractivity contribution is 7.12. The number of hydrogen-bond donors (Lipinski definition) is 2. The van der Waals surface area contributed by atoms with Gasteiger partial charge in [-0.3, -0.25) is 10.7 Å². The molecule has 0 aromatic carbocycles. The van der Waals surface area contributed by atoms with Crippen molar-refractivity contribution < 1.29 is 0 Å². The van der Waals surface area contributed by atoms with Gasteiger partial charge in [0.15, 0.2) is 0 Å². The largest absolute Gasteiger partial charge is 0.344 e. The first-order chi connectivity index (χ1) is 7.78. The lowest BCUT2D eigenvalue weighted by Gasteiger charge is -2.30. The van der Waals surface area contributed by atoms with Crippen molar-refractivity contribution in [1.82, 2.24) is 4.98 Å². The van der Waals surface area contributed by atoms with Crippen molar-refractivity contribution in [3.8, 4) is 0 Å². The first-order valence-electron chi connectivity index (χ1n) is 4.88. The van der Waals surface area contributed by atoms with Crippen LogP contribution in [0.5, 0.6) is 0 Å². The van der Waals surface area contributed by atoms with Gasteiger partial charge in [0, 0.05) is 24.2 Å². The molecular weight excluding hydrogens is 220 g/mol. The number of pyridine rings is 1. The number of anilines is 1. The zero-order chi connectivity index (χ0) is 11.0. The third-order valence-electron chi connectivity index (χ3n) is 2.53. The fourth-order valence-corrected chi connectivity index (χ4v) is 2.39. The monoisotopic (exact) mass is 230 g/mol. The number of rotatable bonds is 1. The number of nitrogens with zero attached hydrogens (tertiary/aromatic N) is 2. The van der Waals surface area contributed by atoms with E-state index in [1.54, 1.807) is 23.7 Å². The van der Waals surface area contributed by atoms with Gasteiger partial charge in [0.1, 0.15) is 0 Å². The van der Waals surface area contributed by atoms with Crippen molar-refractivity contribution in [2.45, 2.75) is 5.79 Å². The Kier molecular flexibility index (Phi) is 2.02. The molecule has 0 bridgehead atoms. The van der Waals surface area contributed by atoms with Gasteiger partial charge in [0.05, 0.1) is 10.6 Å². The van der Waals surface area contributed by atoms with Gasteiger partial charge in [0.25, 0.3) is 0 Å². The van der Waals surface area contributed by atoms with Gasteiger partial charge in [-0.1, -0.05) is 0 Å². The second-order valence-electron chi connectivity index (χ2n) is 3.58.